The van der Waals surface area contributed by atoms with E-state index in [2.05, 4.69) is 15.6 Å². The van der Waals surface area contributed by atoms with Crippen LogP contribution in [-0.4, -0.2) is 16.8 Å². The standard InChI is InChI=1S/C18H15N3O3S/c1-12(22)19-14-6-4-13(5-7-14)16-11-25-18(20-16)21-17(23)9-8-15-3-2-10-24-15/h2-11H,1H3,(H,19,22)(H,20,21,23). The van der Waals surface area contributed by atoms with Gasteiger partial charge in [-0.3, -0.25) is 14.9 Å². The number of anilines is 2. The molecule has 0 unspecified atom stereocenters. The first kappa shape index (κ1) is 16.7. The molecule has 2 amide bonds. The first-order valence-electron chi connectivity index (χ1n) is 7.46. The minimum absolute atomic E-state index is 0.117. The molecule has 0 saturated carbocycles. The summed E-state index contributed by atoms with van der Waals surface area (Å²) >= 11 is 1.34. The van der Waals surface area contributed by atoms with Gasteiger partial charge >= 0.3 is 0 Å². The predicted molar refractivity (Wildman–Crippen MR) is 98.2 cm³/mol. The Kier molecular flexibility index (Phi) is 5.06. The first-order chi connectivity index (χ1) is 12.1. The monoisotopic (exact) mass is 353 g/mol. The predicted octanol–water partition coefficient (Wildman–Crippen LogP) is 4.01. The highest BCUT2D eigenvalue weighted by Crippen LogP contribution is 2.26. The SMILES string of the molecule is CC(=O)Nc1ccc(-c2csc(NC(=O)C=Cc3ccco3)n2)cc1. The third-order valence-electron chi connectivity index (χ3n) is 3.18. The van der Waals surface area contributed by atoms with Crippen molar-refractivity contribution in [2.24, 2.45) is 0 Å². The number of carbonyl (C=O) groups excluding carboxylic acids is 2. The van der Waals surface area contributed by atoms with Gasteiger partial charge in [0.1, 0.15) is 5.76 Å². The number of hydrogen-bond donors (Lipinski definition) is 2. The van der Waals surface area contributed by atoms with Gasteiger partial charge in [-0.05, 0) is 30.3 Å². The maximum absolute atomic E-state index is 11.9. The molecule has 7 heteroatoms. The van der Waals surface area contributed by atoms with E-state index in [4.69, 9.17) is 4.42 Å². The Labute approximate surface area is 148 Å². The number of rotatable bonds is 5. The number of hydrogen-bond acceptors (Lipinski definition) is 5. The number of nitrogens with zero attached hydrogens (tertiary/aromatic N) is 1. The minimum Gasteiger partial charge on any atom is -0.465 e. The maximum atomic E-state index is 11.9. The van der Waals surface area contributed by atoms with Gasteiger partial charge in [-0.1, -0.05) is 12.1 Å². The molecule has 0 aliphatic heterocycles. The molecule has 2 aromatic heterocycles. The summed E-state index contributed by atoms with van der Waals surface area (Å²) in [4.78, 5) is 27.3. The molecule has 0 atom stereocenters. The molecule has 0 aliphatic rings. The van der Waals surface area contributed by atoms with E-state index in [9.17, 15) is 9.59 Å². The molecule has 3 aromatic rings. The molecule has 0 aliphatic carbocycles. The van der Waals surface area contributed by atoms with E-state index in [1.807, 2.05) is 17.5 Å². The summed E-state index contributed by atoms with van der Waals surface area (Å²) in [5, 5.41) is 7.80. The van der Waals surface area contributed by atoms with Crippen molar-refractivity contribution >= 4 is 40.0 Å². The second-order valence-electron chi connectivity index (χ2n) is 5.13. The van der Waals surface area contributed by atoms with Crippen LogP contribution in [-0.2, 0) is 9.59 Å². The molecule has 0 radical (unpaired) electrons. The summed E-state index contributed by atoms with van der Waals surface area (Å²) < 4.78 is 5.12. The van der Waals surface area contributed by atoms with E-state index in [0.29, 0.717) is 10.9 Å². The van der Waals surface area contributed by atoms with Gasteiger partial charge in [-0.15, -0.1) is 11.3 Å². The van der Waals surface area contributed by atoms with Crippen LogP contribution in [0.4, 0.5) is 10.8 Å². The molecule has 3 rings (SSSR count). The van der Waals surface area contributed by atoms with Gasteiger partial charge in [0, 0.05) is 29.6 Å². The number of nitrogens with one attached hydrogen (secondary N) is 2. The Morgan fingerprint density at radius 1 is 1.16 bits per heavy atom. The van der Waals surface area contributed by atoms with Gasteiger partial charge in [0.05, 0.1) is 12.0 Å². The Balaban J connectivity index is 1.63. The summed E-state index contributed by atoms with van der Waals surface area (Å²) in [7, 11) is 0. The van der Waals surface area contributed by atoms with E-state index in [1.54, 1.807) is 36.6 Å². The average Bonchev–Trinajstić information content (AvgIpc) is 3.25. The molecule has 0 spiro atoms. The van der Waals surface area contributed by atoms with Crippen molar-refractivity contribution in [3.8, 4) is 11.3 Å². The molecule has 1 aromatic carbocycles. The van der Waals surface area contributed by atoms with Crippen LogP contribution in [0.2, 0.25) is 0 Å². The number of benzene rings is 1. The van der Waals surface area contributed by atoms with Gasteiger partial charge in [0.25, 0.3) is 0 Å². The van der Waals surface area contributed by atoms with Crippen LogP contribution >= 0.6 is 11.3 Å². The Hall–Kier alpha value is -3.19. The molecule has 2 heterocycles. The Morgan fingerprint density at radius 2 is 1.96 bits per heavy atom. The summed E-state index contributed by atoms with van der Waals surface area (Å²) in [6, 6.07) is 10.9. The highest BCUT2D eigenvalue weighted by molar-refractivity contribution is 7.14. The summed E-state index contributed by atoms with van der Waals surface area (Å²) in [6.07, 6.45) is 4.52. The van der Waals surface area contributed by atoms with Crippen molar-refractivity contribution in [1.82, 2.24) is 4.98 Å². The van der Waals surface area contributed by atoms with E-state index >= 15 is 0 Å². The molecular formula is C18H15N3O3S. The van der Waals surface area contributed by atoms with E-state index in [-0.39, 0.29) is 11.8 Å². The van der Waals surface area contributed by atoms with Gasteiger partial charge in [-0.25, -0.2) is 4.98 Å². The molecule has 25 heavy (non-hydrogen) atoms. The molecule has 0 fully saturated rings. The van der Waals surface area contributed by atoms with E-state index < -0.39 is 0 Å². The van der Waals surface area contributed by atoms with Crippen molar-refractivity contribution in [2.75, 3.05) is 10.6 Å². The highest BCUT2D eigenvalue weighted by atomic mass is 32.1. The zero-order valence-corrected chi connectivity index (χ0v) is 14.2. The Morgan fingerprint density at radius 3 is 2.64 bits per heavy atom. The third kappa shape index (κ3) is 4.65. The van der Waals surface area contributed by atoms with Crippen LogP contribution in [0, 0.1) is 0 Å². The second-order valence-corrected chi connectivity index (χ2v) is 5.99. The lowest BCUT2D eigenvalue weighted by molar-refractivity contribution is -0.114. The van der Waals surface area contributed by atoms with Crippen molar-refractivity contribution in [3.05, 3.63) is 59.9 Å². The lowest BCUT2D eigenvalue weighted by Gasteiger charge is -2.02. The van der Waals surface area contributed by atoms with Crippen LogP contribution in [0.15, 0.2) is 58.5 Å². The fourth-order valence-electron chi connectivity index (χ4n) is 2.08. The van der Waals surface area contributed by atoms with Gasteiger partial charge < -0.3 is 9.73 Å². The van der Waals surface area contributed by atoms with Crippen molar-refractivity contribution < 1.29 is 14.0 Å². The molecular weight excluding hydrogens is 338 g/mol. The molecule has 6 nitrogen and oxygen atoms in total. The maximum Gasteiger partial charge on any atom is 0.250 e. The fourth-order valence-corrected chi connectivity index (χ4v) is 2.80. The van der Waals surface area contributed by atoms with Crippen molar-refractivity contribution in [2.45, 2.75) is 6.92 Å². The number of furan rings is 1. The molecule has 126 valence electrons. The molecule has 0 bridgehead atoms. The Bertz CT molecular complexity index is 896. The third-order valence-corrected chi connectivity index (χ3v) is 3.94. The molecule has 0 saturated heterocycles. The first-order valence-corrected chi connectivity index (χ1v) is 8.34. The largest absolute Gasteiger partial charge is 0.465 e. The second kappa shape index (κ2) is 7.59. The lowest BCUT2D eigenvalue weighted by Crippen LogP contribution is -2.07. The molecule has 2 N–H and O–H groups in total. The summed E-state index contributed by atoms with van der Waals surface area (Å²) in [6.45, 7) is 1.46. The zero-order chi connectivity index (χ0) is 17.6. The summed E-state index contributed by atoms with van der Waals surface area (Å²) in [5.74, 6) is 0.210. The smallest absolute Gasteiger partial charge is 0.250 e. The van der Waals surface area contributed by atoms with E-state index in [0.717, 1.165) is 16.9 Å². The lowest BCUT2D eigenvalue weighted by atomic mass is 10.1. The van der Waals surface area contributed by atoms with Crippen molar-refractivity contribution in [1.29, 1.82) is 0 Å². The normalized spacial score (nSPS) is 10.8. The van der Waals surface area contributed by atoms with Gasteiger partial charge in [-0.2, -0.15) is 0 Å². The number of aromatic nitrogens is 1. The van der Waals surface area contributed by atoms with Gasteiger partial charge in [0.15, 0.2) is 5.13 Å². The number of carbonyl (C=O) groups is 2. The zero-order valence-electron chi connectivity index (χ0n) is 13.4. The average molecular weight is 353 g/mol. The van der Waals surface area contributed by atoms with Crippen LogP contribution < -0.4 is 10.6 Å². The van der Waals surface area contributed by atoms with Crippen LogP contribution in [0.3, 0.4) is 0 Å². The summed E-state index contributed by atoms with van der Waals surface area (Å²) in [5.41, 5.74) is 2.38. The highest BCUT2D eigenvalue weighted by Gasteiger charge is 2.07. The van der Waals surface area contributed by atoms with Crippen LogP contribution in [0.25, 0.3) is 17.3 Å². The van der Waals surface area contributed by atoms with Gasteiger partial charge in [0.2, 0.25) is 11.8 Å². The van der Waals surface area contributed by atoms with E-state index in [1.165, 1.54) is 24.3 Å². The topological polar surface area (TPSA) is 84.2 Å². The number of amides is 2. The van der Waals surface area contributed by atoms with Crippen LogP contribution in [0.5, 0.6) is 0 Å². The number of thiazole rings is 1. The van der Waals surface area contributed by atoms with Crippen LogP contribution in [0.1, 0.15) is 12.7 Å². The van der Waals surface area contributed by atoms with Crippen molar-refractivity contribution in [3.63, 3.8) is 0 Å². The minimum atomic E-state index is -0.279. The quantitative estimate of drug-likeness (QED) is 0.679. The fraction of sp³-hybridized carbons (Fsp3) is 0.0556.